The molecule has 18 heavy (non-hydrogen) atoms. The average Bonchev–Trinajstić information content (AvgIpc) is 2.78. The van der Waals surface area contributed by atoms with Crippen LogP contribution in [-0.4, -0.2) is 8.07 Å². The van der Waals surface area contributed by atoms with Crippen LogP contribution in [0.1, 0.15) is 12.0 Å². The maximum Gasteiger partial charge on any atom is 0.0732 e. The summed E-state index contributed by atoms with van der Waals surface area (Å²) in [4.78, 5) is 0. The van der Waals surface area contributed by atoms with Gasteiger partial charge in [-0.3, -0.25) is 0 Å². The summed E-state index contributed by atoms with van der Waals surface area (Å²) in [6.45, 7) is 7.22. The zero-order chi connectivity index (χ0) is 13.0. The molecule has 0 nitrogen and oxygen atoms in total. The summed E-state index contributed by atoms with van der Waals surface area (Å²) in [6, 6.07) is 10.2. The van der Waals surface area contributed by atoms with Crippen LogP contribution in [0.3, 0.4) is 0 Å². The van der Waals surface area contributed by atoms with Gasteiger partial charge in [-0.1, -0.05) is 73.1 Å². The number of benzene rings is 1. The van der Waals surface area contributed by atoms with Crippen molar-refractivity contribution < 1.29 is 0 Å². The number of hydrogen-bond acceptors (Lipinski definition) is 0. The van der Waals surface area contributed by atoms with Gasteiger partial charge in [-0.05, 0) is 12.1 Å². The predicted octanol–water partition coefficient (Wildman–Crippen LogP) is 4.42. The Kier molecular flexibility index (Phi) is 3.89. The van der Waals surface area contributed by atoms with E-state index in [-0.39, 0.29) is 0 Å². The van der Waals surface area contributed by atoms with E-state index in [0.29, 0.717) is 5.92 Å². The Balaban J connectivity index is 2.02. The van der Waals surface area contributed by atoms with Gasteiger partial charge in [0.2, 0.25) is 0 Å². The van der Waals surface area contributed by atoms with Crippen molar-refractivity contribution >= 4 is 8.07 Å². The van der Waals surface area contributed by atoms with E-state index in [1.165, 1.54) is 0 Å². The van der Waals surface area contributed by atoms with E-state index < -0.39 is 8.07 Å². The van der Waals surface area contributed by atoms with Gasteiger partial charge < -0.3 is 0 Å². The highest BCUT2D eigenvalue weighted by molar-refractivity contribution is 6.83. The highest BCUT2D eigenvalue weighted by Crippen LogP contribution is 2.30. The highest BCUT2D eigenvalue weighted by Gasteiger charge is 2.26. The first-order valence-electron chi connectivity index (χ1n) is 6.50. The van der Waals surface area contributed by atoms with Crippen molar-refractivity contribution in [2.24, 2.45) is 5.92 Å². The minimum atomic E-state index is -1.19. The van der Waals surface area contributed by atoms with Crippen LogP contribution >= 0.6 is 0 Å². The van der Waals surface area contributed by atoms with Crippen LogP contribution in [0.25, 0.3) is 0 Å². The van der Waals surface area contributed by atoms with Gasteiger partial charge in [0, 0.05) is 17.9 Å². The second kappa shape index (κ2) is 5.41. The Morgan fingerprint density at radius 2 is 1.83 bits per heavy atom. The third-order valence-corrected chi connectivity index (χ3v) is 5.48. The van der Waals surface area contributed by atoms with Crippen molar-refractivity contribution in [1.29, 1.82) is 0 Å². The van der Waals surface area contributed by atoms with Gasteiger partial charge in [0.05, 0.1) is 8.07 Å². The van der Waals surface area contributed by atoms with Gasteiger partial charge in [0.15, 0.2) is 0 Å². The SMILES string of the molecule is C[Si](C)(C)C1=CC=CC1CC#Cc1ccccc1. The molecule has 1 aromatic rings. The Bertz CT molecular complexity index is 518. The third-order valence-electron chi connectivity index (χ3n) is 3.21. The molecule has 1 aliphatic carbocycles. The lowest BCUT2D eigenvalue weighted by Gasteiger charge is -2.23. The molecule has 1 aromatic carbocycles. The van der Waals surface area contributed by atoms with E-state index in [2.05, 4.69) is 61.8 Å². The van der Waals surface area contributed by atoms with Crippen molar-refractivity contribution in [3.63, 3.8) is 0 Å². The minimum Gasteiger partial charge on any atom is -0.0970 e. The van der Waals surface area contributed by atoms with Crippen LogP contribution in [0.15, 0.2) is 53.8 Å². The molecule has 2 rings (SSSR count). The fraction of sp³-hybridized carbons (Fsp3) is 0.294. The summed E-state index contributed by atoms with van der Waals surface area (Å²) in [5.41, 5.74) is 1.11. The highest BCUT2D eigenvalue weighted by atomic mass is 28.3. The predicted molar refractivity (Wildman–Crippen MR) is 82.0 cm³/mol. The first-order chi connectivity index (χ1) is 8.57. The van der Waals surface area contributed by atoms with Crippen LogP contribution < -0.4 is 0 Å². The lowest BCUT2D eigenvalue weighted by Crippen LogP contribution is -2.27. The second-order valence-electron chi connectivity index (χ2n) is 5.74. The van der Waals surface area contributed by atoms with Crippen molar-refractivity contribution in [1.82, 2.24) is 0 Å². The summed E-state index contributed by atoms with van der Waals surface area (Å²) in [5, 5.41) is 1.63. The average molecular weight is 252 g/mol. The molecule has 0 fully saturated rings. The summed E-state index contributed by atoms with van der Waals surface area (Å²) in [7, 11) is -1.19. The lowest BCUT2D eigenvalue weighted by molar-refractivity contribution is 0.838. The molecule has 0 radical (unpaired) electrons. The van der Waals surface area contributed by atoms with Crippen LogP contribution in [-0.2, 0) is 0 Å². The van der Waals surface area contributed by atoms with Gasteiger partial charge in [0.25, 0.3) is 0 Å². The zero-order valence-electron chi connectivity index (χ0n) is 11.4. The van der Waals surface area contributed by atoms with Crippen LogP contribution in [0.5, 0.6) is 0 Å². The van der Waals surface area contributed by atoms with Gasteiger partial charge in [-0.25, -0.2) is 0 Å². The van der Waals surface area contributed by atoms with Crippen molar-refractivity contribution in [2.75, 3.05) is 0 Å². The molecule has 1 unspecified atom stereocenters. The Labute approximate surface area is 111 Å². The Morgan fingerprint density at radius 3 is 2.50 bits per heavy atom. The molecule has 0 amide bonds. The van der Waals surface area contributed by atoms with Crippen LogP contribution in [0.2, 0.25) is 19.6 Å². The molecular weight excluding hydrogens is 232 g/mol. The summed E-state index contributed by atoms with van der Waals surface area (Å²) in [6.07, 6.45) is 7.75. The largest absolute Gasteiger partial charge is 0.0970 e. The van der Waals surface area contributed by atoms with Gasteiger partial charge in [-0.15, -0.1) is 0 Å². The molecule has 0 N–H and O–H groups in total. The molecule has 1 atom stereocenters. The number of hydrogen-bond donors (Lipinski definition) is 0. The first kappa shape index (κ1) is 12.9. The molecule has 1 aliphatic rings. The molecule has 0 saturated carbocycles. The standard InChI is InChI=1S/C17H20Si/c1-18(2,3)17-14-8-13-16(17)12-7-11-15-9-5-4-6-10-15/h4-6,8-10,13-14,16H,12H2,1-3H3. The van der Waals surface area contributed by atoms with Gasteiger partial charge in [-0.2, -0.15) is 0 Å². The van der Waals surface area contributed by atoms with E-state index in [9.17, 15) is 0 Å². The Hall–Kier alpha value is -1.52. The van der Waals surface area contributed by atoms with E-state index in [4.69, 9.17) is 0 Å². The summed E-state index contributed by atoms with van der Waals surface area (Å²) < 4.78 is 0. The smallest absolute Gasteiger partial charge is 0.0732 e. The molecular formula is C17H20Si. The molecule has 0 aliphatic heterocycles. The van der Waals surface area contributed by atoms with Gasteiger partial charge >= 0.3 is 0 Å². The topological polar surface area (TPSA) is 0 Å². The normalized spacial score (nSPS) is 18.2. The summed E-state index contributed by atoms with van der Waals surface area (Å²) >= 11 is 0. The zero-order valence-corrected chi connectivity index (χ0v) is 12.4. The number of allylic oxidation sites excluding steroid dienone is 4. The van der Waals surface area contributed by atoms with Gasteiger partial charge in [0.1, 0.15) is 0 Å². The molecule has 0 heterocycles. The molecule has 0 saturated heterocycles. The third kappa shape index (κ3) is 3.24. The Morgan fingerprint density at radius 1 is 1.11 bits per heavy atom. The first-order valence-corrected chi connectivity index (χ1v) is 10.00. The molecule has 92 valence electrons. The molecule has 1 heteroatoms. The molecule has 0 aromatic heterocycles. The van der Waals surface area contributed by atoms with E-state index in [0.717, 1.165) is 12.0 Å². The maximum absolute atomic E-state index is 3.33. The van der Waals surface area contributed by atoms with Crippen molar-refractivity contribution in [2.45, 2.75) is 26.1 Å². The van der Waals surface area contributed by atoms with Crippen LogP contribution in [0.4, 0.5) is 0 Å². The molecule has 0 bridgehead atoms. The van der Waals surface area contributed by atoms with Crippen molar-refractivity contribution in [3.05, 3.63) is 59.3 Å². The van der Waals surface area contributed by atoms with Crippen LogP contribution in [0, 0.1) is 17.8 Å². The van der Waals surface area contributed by atoms with Crippen molar-refractivity contribution in [3.8, 4) is 11.8 Å². The quantitative estimate of drug-likeness (QED) is 0.540. The minimum absolute atomic E-state index is 0.549. The fourth-order valence-electron chi connectivity index (χ4n) is 2.29. The molecule has 0 spiro atoms. The number of rotatable bonds is 2. The monoisotopic (exact) mass is 252 g/mol. The van der Waals surface area contributed by atoms with E-state index in [1.54, 1.807) is 5.20 Å². The summed E-state index contributed by atoms with van der Waals surface area (Å²) in [5.74, 6) is 7.12. The second-order valence-corrected chi connectivity index (χ2v) is 10.8. The maximum atomic E-state index is 3.33. The van der Waals surface area contributed by atoms with E-state index in [1.807, 2.05) is 18.2 Å². The lowest BCUT2D eigenvalue weighted by atomic mass is 10.1. The van der Waals surface area contributed by atoms with E-state index >= 15 is 0 Å². The fourth-order valence-corrected chi connectivity index (χ4v) is 4.20.